The van der Waals surface area contributed by atoms with Gasteiger partial charge in [-0.25, -0.2) is 4.90 Å². The van der Waals surface area contributed by atoms with Gasteiger partial charge in [0.15, 0.2) is 12.1 Å². The molecule has 2 unspecified atom stereocenters. The van der Waals surface area contributed by atoms with E-state index in [0.29, 0.717) is 24.6 Å². The number of rotatable bonds is 5. The van der Waals surface area contributed by atoms with Gasteiger partial charge in [-0.1, -0.05) is 35.1 Å². The summed E-state index contributed by atoms with van der Waals surface area (Å²) < 4.78 is 5.41. The Balaban J connectivity index is 1.55. The number of amides is 2. The molecule has 2 amide bonds. The SMILES string of the molecule is CCOc1ccc(N2C(=O)C3N=NN(Cc4ccc(C)cc4)C3C2=O)cc1. The highest BCUT2D eigenvalue weighted by Gasteiger charge is 2.54. The van der Waals surface area contributed by atoms with Gasteiger partial charge in [0.2, 0.25) is 0 Å². The third kappa shape index (κ3) is 3.05. The number of hydrogen-bond acceptors (Lipinski definition) is 6. The molecule has 1 saturated heterocycles. The quantitative estimate of drug-likeness (QED) is 0.765. The number of carbonyl (C=O) groups excluding carboxylic acids is 2. The van der Waals surface area contributed by atoms with Crippen LogP contribution in [0.1, 0.15) is 18.1 Å². The summed E-state index contributed by atoms with van der Waals surface area (Å²) >= 11 is 0. The Morgan fingerprint density at radius 3 is 2.37 bits per heavy atom. The molecule has 0 N–H and O–H groups in total. The van der Waals surface area contributed by atoms with Crippen molar-refractivity contribution in [3.8, 4) is 5.75 Å². The summed E-state index contributed by atoms with van der Waals surface area (Å²) in [4.78, 5) is 26.9. The molecule has 0 saturated carbocycles. The molecule has 2 heterocycles. The van der Waals surface area contributed by atoms with Gasteiger partial charge in [0.1, 0.15) is 5.75 Å². The summed E-state index contributed by atoms with van der Waals surface area (Å²) in [7, 11) is 0. The standard InChI is InChI=1S/C20H20N4O3/c1-3-27-16-10-8-15(9-11-16)24-19(25)17-18(20(24)26)23(22-21-17)12-14-6-4-13(2)5-7-14/h4-11,17-18H,3,12H2,1-2H3. The molecule has 4 rings (SSSR count). The van der Waals surface area contributed by atoms with Crippen LogP contribution in [0, 0.1) is 6.92 Å². The Morgan fingerprint density at radius 2 is 1.70 bits per heavy atom. The van der Waals surface area contributed by atoms with Gasteiger partial charge >= 0.3 is 0 Å². The highest BCUT2D eigenvalue weighted by atomic mass is 16.5. The number of benzene rings is 2. The van der Waals surface area contributed by atoms with Crippen molar-refractivity contribution in [3.63, 3.8) is 0 Å². The molecule has 2 atom stereocenters. The molecular formula is C20H20N4O3. The molecule has 7 heteroatoms. The van der Waals surface area contributed by atoms with E-state index in [0.717, 1.165) is 11.1 Å². The van der Waals surface area contributed by atoms with Gasteiger partial charge < -0.3 is 4.74 Å². The van der Waals surface area contributed by atoms with Crippen molar-refractivity contribution in [2.24, 2.45) is 10.3 Å². The molecule has 138 valence electrons. The zero-order valence-electron chi connectivity index (χ0n) is 15.2. The molecule has 2 aliphatic heterocycles. The zero-order valence-corrected chi connectivity index (χ0v) is 15.2. The number of imide groups is 1. The molecule has 1 fully saturated rings. The fourth-order valence-electron chi connectivity index (χ4n) is 3.35. The van der Waals surface area contributed by atoms with Crippen LogP contribution in [0.15, 0.2) is 58.9 Å². The normalized spacial score (nSPS) is 21.1. The Bertz CT molecular complexity index is 892. The van der Waals surface area contributed by atoms with Crippen LogP contribution in [0.5, 0.6) is 5.75 Å². The van der Waals surface area contributed by atoms with Gasteiger partial charge in [0.05, 0.1) is 18.8 Å². The van der Waals surface area contributed by atoms with E-state index in [9.17, 15) is 9.59 Å². The Labute approximate surface area is 157 Å². The zero-order chi connectivity index (χ0) is 19.0. The highest BCUT2D eigenvalue weighted by Crippen LogP contribution is 2.33. The van der Waals surface area contributed by atoms with Crippen LogP contribution in [-0.4, -0.2) is 35.5 Å². The summed E-state index contributed by atoms with van der Waals surface area (Å²) in [6.45, 7) is 4.90. The minimum atomic E-state index is -0.783. The number of anilines is 1. The van der Waals surface area contributed by atoms with Gasteiger partial charge in [-0.3, -0.25) is 14.6 Å². The largest absolute Gasteiger partial charge is 0.494 e. The lowest BCUT2D eigenvalue weighted by atomic mass is 10.1. The van der Waals surface area contributed by atoms with E-state index in [1.54, 1.807) is 29.3 Å². The van der Waals surface area contributed by atoms with Crippen LogP contribution >= 0.6 is 0 Å². The van der Waals surface area contributed by atoms with Crippen molar-refractivity contribution in [3.05, 3.63) is 59.7 Å². The van der Waals surface area contributed by atoms with E-state index in [-0.39, 0.29) is 11.8 Å². The van der Waals surface area contributed by atoms with Crippen LogP contribution in [0.2, 0.25) is 0 Å². The van der Waals surface area contributed by atoms with E-state index in [1.807, 2.05) is 38.1 Å². The van der Waals surface area contributed by atoms with E-state index in [1.165, 1.54) is 4.90 Å². The topological polar surface area (TPSA) is 74.6 Å². The minimum absolute atomic E-state index is 0.300. The Hall–Kier alpha value is -3.22. The minimum Gasteiger partial charge on any atom is -0.494 e. The maximum Gasteiger partial charge on any atom is 0.263 e. The van der Waals surface area contributed by atoms with Crippen molar-refractivity contribution in [1.82, 2.24) is 5.01 Å². The number of nitrogens with zero attached hydrogens (tertiary/aromatic N) is 4. The number of carbonyl (C=O) groups is 2. The fraction of sp³-hybridized carbons (Fsp3) is 0.300. The van der Waals surface area contributed by atoms with Crippen molar-refractivity contribution in [1.29, 1.82) is 0 Å². The molecule has 0 spiro atoms. The first-order valence-electron chi connectivity index (χ1n) is 8.92. The summed E-state index contributed by atoms with van der Waals surface area (Å²) in [5.74, 6) is 0.0526. The second-order valence-electron chi connectivity index (χ2n) is 6.62. The molecule has 2 aromatic rings. The van der Waals surface area contributed by atoms with E-state index in [2.05, 4.69) is 10.3 Å². The maximum absolute atomic E-state index is 13.0. The lowest BCUT2D eigenvalue weighted by Crippen LogP contribution is -2.39. The lowest BCUT2D eigenvalue weighted by Gasteiger charge is -2.20. The van der Waals surface area contributed by atoms with Crippen LogP contribution in [0.3, 0.4) is 0 Å². The molecule has 27 heavy (non-hydrogen) atoms. The average molecular weight is 364 g/mol. The first-order chi connectivity index (χ1) is 13.1. The molecule has 0 radical (unpaired) electrons. The predicted octanol–water partition coefficient (Wildman–Crippen LogP) is 2.89. The number of hydrogen-bond donors (Lipinski definition) is 0. The fourth-order valence-corrected chi connectivity index (χ4v) is 3.35. The van der Waals surface area contributed by atoms with Crippen molar-refractivity contribution < 1.29 is 14.3 Å². The number of fused-ring (bicyclic) bond motifs is 1. The summed E-state index contributed by atoms with van der Waals surface area (Å²) in [5.41, 5.74) is 2.70. The lowest BCUT2D eigenvalue weighted by molar-refractivity contribution is -0.123. The van der Waals surface area contributed by atoms with Gasteiger partial charge in [0, 0.05) is 0 Å². The van der Waals surface area contributed by atoms with Crippen molar-refractivity contribution >= 4 is 17.5 Å². The second kappa shape index (κ2) is 6.83. The van der Waals surface area contributed by atoms with Gasteiger partial charge in [-0.05, 0) is 43.7 Å². The smallest absolute Gasteiger partial charge is 0.263 e. The molecular weight excluding hydrogens is 344 g/mol. The Morgan fingerprint density at radius 1 is 1.00 bits per heavy atom. The molecule has 0 aromatic heterocycles. The third-order valence-electron chi connectivity index (χ3n) is 4.73. The van der Waals surface area contributed by atoms with Crippen LogP contribution in [-0.2, 0) is 16.1 Å². The van der Waals surface area contributed by atoms with Gasteiger partial charge in [0.25, 0.3) is 11.8 Å². The predicted molar refractivity (Wildman–Crippen MR) is 99.3 cm³/mol. The number of aryl methyl sites for hydroxylation is 1. The van der Waals surface area contributed by atoms with E-state index < -0.39 is 12.1 Å². The van der Waals surface area contributed by atoms with Crippen LogP contribution in [0.25, 0.3) is 0 Å². The average Bonchev–Trinajstić information content (AvgIpc) is 3.18. The summed E-state index contributed by atoms with van der Waals surface area (Å²) in [6, 6.07) is 13.4. The molecule has 2 aromatic carbocycles. The van der Waals surface area contributed by atoms with Gasteiger partial charge in [-0.15, -0.1) is 0 Å². The van der Waals surface area contributed by atoms with Crippen LogP contribution in [0.4, 0.5) is 5.69 Å². The second-order valence-corrected chi connectivity index (χ2v) is 6.62. The van der Waals surface area contributed by atoms with Crippen molar-refractivity contribution in [2.75, 3.05) is 11.5 Å². The summed E-state index contributed by atoms with van der Waals surface area (Å²) in [6.07, 6.45) is 0. The van der Waals surface area contributed by atoms with E-state index in [4.69, 9.17) is 4.74 Å². The van der Waals surface area contributed by atoms with Crippen LogP contribution < -0.4 is 9.64 Å². The molecule has 0 bridgehead atoms. The van der Waals surface area contributed by atoms with E-state index >= 15 is 0 Å². The number of ether oxygens (including phenoxy) is 1. The Kier molecular flexibility index (Phi) is 4.35. The first kappa shape index (κ1) is 17.2. The molecule has 7 nitrogen and oxygen atoms in total. The monoisotopic (exact) mass is 364 g/mol. The summed E-state index contributed by atoms with van der Waals surface area (Å²) in [5, 5.41) is 9.74. The third-order valence-corrected chi connectivity index (χ3v) is 4.73. The van der Waals surface area contributed by atoms with Gasteiger partial charge in [-0.2, -0.15) is 5.11 Å². The van der Waals surface area contributed by atoms with Crippen molar-refractivity contribution in [2.45, 2.75) is 32.5 Å². The first-order valence-corrected chi connectivity index (χ1v) is 8.92. The highest BCUT2D eigenvalue weighted by molar-refractivity contribution is 6.25. The molecule has 0 aliphatic carbocycles. The maximum atomic E-state index is 13.0. The molecule has 2 aliphatic rings.